The second-order valence-corrected chi connectivity index (χ2v) is 10.4. The number of nitrogens with one attached hydrogen (secondary N) is 2. The molecule has 3 N–H and O–H groups in total. The molecule has 0 spiro atoms. The molecule has 0 aliphatic heterocycles. The topological polar surface area (TPSA) is 105 Å². The number of allylic oxidation sites excluding steroid dienone is 2. The van der Waals surface area contributed by atoms with E-state index in [1.54, 1.807) is 20.8 Å². The molecule has 1 atom stereocenters. The fourth-order valence-corrected chi connectivity index (χ4v) is 3.69. The summed E-state index contributed by atoms with van der Waals surface area (Å²) in [5.74, 6) is -1.28. The van der Waals surface area contributed by atoms with Crippen LogP contribution in [-0.2, 0) is 14.3 Å². The van der Waals surface area contributed by atoms with Gasteiger partial charge in [-0.3, -0.25) is 4.79 Å². The molecule has 0 saturated carbocycles. The third-order valence-corrected chi connectivity index (χ3v) is 5.64. The van der Waals surface area contributed by atoms with Gasteiger partial charge < -0.3 is 20.5 Å². The highest BCUT2D eigenvalue weighted by molar-refractivity contribution is 5.83. The Kier molecular flexibility index (Phi) is 20.0. The van der Waals surface area contributed by atoms with Crippen LogP contribution in [0.4, 0.5) is 4.79 Å². The zero-order valence-corrected chi connectivity index (χ0v) is 22.8. The zero-order chi connectivity index (χ0) is 26.4. The van der Waals surface area contributed by atoms with Crippen molar-refractivity contribution in [1.29, 1.82) is 0 Å². The van der Waals surface area contributed by atoms with Gasteiger partial charge in [-0.05, 0) is 65.7 Å². The number of ether oxygens (including phenoxy) is 1. The first-order valence-corrected chi connectivity index (χ1v) is 13.8. The summed E-state index contributed by atoms with van der Waals surface area (Å²) in [4.78, 5) is 35.2. The Morgan fingerprint density at radius 3 is 1.91 bits per heavy atom. The van der Waals surface area contributed by atoms with E-state index < -0.39 is 23.7 Å². The number of carbonyl (C=O) groups excluding carboxylic acids is 2. The monoisotopic (exact) mass is 496 g/mol. The van der Waals surface area contributed by atoms with Gasteiger partial charge in [-0.15, -0.1) is 0 Å². The van der Waals surface area contributed by atoms with Gasteiger partial charge in [0, 0.05) is 13.0 Å². The van der Waals surface area contributed by atoms with E-state index in [1.807, 2.05) is 0 Å². The Bertz CT molecular complexity index is 599. The highest BCUT2D eigenvalue weighted by Crippen LogP contribution is 2.10. The van der Waals surface area contributed by atoms with E-state index in [0.29, 0.717) is 19.4 Å². The average molecular weight is 497 g/mol. The number of alkyl carbamates (subject to hydrolysis) is 1. The Labute approximate surface area is 213 Å². The zero-order valence-electron chi connectivity index (χ0n) is 22.8. The maximum Gasteiger partial charge on any atom is 0.407 e. The third-order valence-electron chi connectivity index (χ3n) is 5.64. The second kappa shape index (κ2) is 21.3. The van der Waals surface area contributed by atoms with E-state index in [0.717, 1.165) is 32.1 Å². The lowest BCUT2D eigenvalue weighted by Crippen LogP contribution is -2.41. The summed E-state index contributed by atoms with van der Waals surface area (Å²) < 4.78 is 5.14. The van der Waals surface area contributed by atoms with E-state index >= 15 is 0 Å². The molecule has 0 heterocycles. The summed E-state index contributed by atoms with van der Waals surface area (Å²) >= 11 is 0. The summed E-state index contributed by atoms with van der Waals surface area (Å²) in [6.45, 7) is 7.87. The highest BCUT2D eigenvalue weighted by Gasteiger charge is 2.20. The summed E-state index contributed by atoms with van der Waals surface area (Å²) in [5, 5.41) is 14.6. The summed E-state index contributed by atoms with van der Waals surface area (Å²) in [7, 11) is 0. The second-order valence-electron chi connectivity index (χ2n) is 10.4. The molecule has 0 radical (unpaired) electrons. The van der Waals surface area contributed by atoms with Crippen molar-refractivity contribution in [3.63, 3.8) is 0 Å². The molecule has 0 saturated heterocycles. The van der Waals surface area contributed by atoms with Crippen LogP contribution in [0.5, 0.6) is 0 Å². The van der Waals surface area contributed by atoms with Crippen molar-refractivity contribution in [3.8, 4) is 0 Å². The van der Waals surface area contributed by atoms with Crippen LogP contribution in [0.25, 0.3) is 0 Å². The Morgan fingerprint density at radius 1 is 0.829 bits per heavy atom. The lowest BCUT2D eigenvalue weighted by atomic mass is 10.1. The van der Waals surface area contributed by atoms with E-state index in [2.05, 4.69) is 29.7 Å². The number of carbonyl (C=O) groups is 3. The number of amides is 2. The van der Waals surface area contributed by atoms with Crippen LogP contribution < -0.4 is 10.6 Å². The number of aliphatic carboxylic acids is 1. The lowest BCUT2D eigenvalue weighted by Gasteiger charge is -2.20. The molecule has 7 heteroatoms. The molecule has 0 unspecified atom stereocenters. The minimum Gasteiger partial charge on any atom is -0.480 e. The van der Waals surface area contributed by atoms with Crippen LogP contribution in [0.2, 0.25) is 0 Å². The highest BCUT2D eigenvalue weighted by atomic mass is 16.6. The predicted octanol–water partition coefficient (Wildman–Crippen LogP) is 6.90. The Morgan fingerprint density at radius 2 is 1.37 bits per heavy atom. The van der Waals surface area contributed by atoms with Crippen LogP contribution in [0.3, 0.4) is 0 Å². The molecule has 2 amide bonds. The van der Waals surface area contributed by atoms with Crippen LogP contribution in [-0.4, -0.2) is 41.3 Å². The van der Waals surface area contributed by atoms with Crippen molar-refractivity contribution in [1.82, 2.24) is 10.6 Å². The van der Waals surface area contributed by atoms with E-state index in [9.17, 15) is 19.5 Å². The number of hydrogen-bond donors (Lipinski definition) is 3. The SMILES string of the molecule is CCCCCCCCC=CCCCCCCCC(=O)N[C@@H](CCCNC(=O)OC(C)(C)C)C(=O)O. The number of hydrogen-bond acceptors (Lipinski definition) is 4. The number of rotatable bonds is 21. The van der Waals surface area contributed by atoms with E-state index in [-0.39, 0.29) is 12.3 Å². The summed E-state index contributed by atoms with van der Waals surface area (Å²) in [5.41, 5.74) is -0.578. The first-order valence-electron chi connectivity index (χ1n) is 13.8. The van der Waals surface area contributed by atoms with Gasteiger partial charge in [0.05, 0.1) is 0 Å². The van der Waals surface area contributed by atoms with Gasteiger partial charge >= 0.3 is 12.1 Å². The lowest BCUT2D eigenvalue weighted by molar-refractivity contribution is -0.142. The van der Waals surface area contributed by atoms with Crippen molar-refractivity contribution in [2.75, 3.05) is 6.54 Å². The number of unbranched alkanes of at least 4 members (excludes halogenated alkanes) is 11. The normalized spacial score (nSPS) is 12.5. The van der Waals surface area contributed by atoms with Crippen molar-refractivity contribution >= 4 is 18.0 Å². The minimum absolute atomic E-state index is 0.227. The van der Waals surface area contributed by atoms with Gasteiger partial charge in [-0.25, -0.2) is 9.59 Å². The van der Waals surface area contributed by atoms with Crippen molar-refractivity contribution in [2.45, 2.75) is 142 Å². The Balaban J connectivity index is 3.74. The molecule has 0 bridgehead atoms. The van der Waals surface area contributed by atoms with Gasteiger partial charge in [0.2, 0.25) is 5.91 Å². The first kappa shape index (κ1) is 33.0. The van der Waals surface area contributed by atoms with Gasteiger partial charge in [-0.1, -0.05) is 70.4 Å². The molecule has 0 aromatic heterocycles. The summed E-state index contributed by atoms with van der Waals surface area (Å²) in [6.07, 6.45) is 20.7. The maximum atomic E-state index is 12.1. The molecule has 0 aromatic rings. The van der Waals surface area contributed by atoms with Gasteiger partial charge in [0.15, 0.2) is 0 Å². The van der Waals surface area contributed by atoms with E-state index in [1.165, 1.54) is 51.4 Å². The first-order chi connectivity index (χ1) is 16.7. The predicted molar refractivity (Wildman–Crippen MR) is 142 cm³/mol. The minimum atomic E-state index is -1.06. The third kappa shape index (κ3) is 23.5. The maximum absolute atomic E-state index is 12.1. The quantitative estimate of drug-likeness (QED) is 0.118. The van der Waals surface area contributed by atoms with Crippen LogP contribution in [0.1, 0.15) is 130 Å². The fraction of sp³-hybridized carbons (Fsp3) is 0.821. The number of carboxylic acid groups (broad SMARTS) is 1. The molecular formula is C28H52N2O5. The molecule has 35 heavy (non-hydrogen) atoms. The van der Waals surface area contributed by atoms with Crippen molar-refractivity contribution < 1.29 is 24.2 Å². The molecule has 7 nitrogen and oxygen atoms in total. The number of carboxylic acids is 1. The standard InChI is InChI=1S/C28H52N2O5/c1-5-6-7-8-9-10-11-12-13-14-15-16-17-18-19-22-25(31)30-24(26(32)33)21-20-23-29-27(34)35-28(2,3)4/h12-13,24H,5-11,14-23H2,1-4H3,(H,29,34)(H,30,31)(H,32,33)/t24-/m0/s1. The summed E-state index contributed by atoms with van der Waals surface area (Å²) in [6, 6.07) is -0.939. The fourth-order valence-electron chi connectivity index (χ4n) is 3.69. The molecule has 0 rings (SSSR count). The van der Waals surface area contributed by atoms with E-state index in [4.69, 9.17) is 4.74 Å². The average Bonchev–Trinajstić information content (AvgIpc) is 2.77. The van der Waals surface area contributed by atoms with Crippen LogP contribution in [0.15, 0.2) is 12.2 Å². The Hall–Kier alpha value is -2.05. The van der Waals surface area contributed by atoms with Gasteiger partial charge in [-0.2, -0.15) is 0 Å². The van der Waals surface area contributed by atoms with Crippen molar-refractivity contribution in [2.24, 2.45) is 0 Å². The molecular weight excluding hydrogens is 444 g/mol. The van der Waals surface area contributed by atoms with Gasteiger partial charge in [0.25, 0.3) is 0 Å². The van der Waals surface area contributed by atoms with Crippen LogP contribution in [0, 0.1) is 0 Å². The largest absolute Gasteiger partial charge is 0.480 e. The molecule has 204 valence electrons. The van der Waals surface area contributed by atoms with Crippen molar-refractivity contribution in [3.05, 3.63) is 12.2 Å². The van der Waals surface area contributed by atoms with Crippen LogP contribution >= 0.6 is 0 Å². The molecule has 0 fully saturated rings. The smallest absolute Gasteiger partial charge is 0.407 e. The molecule has 0 aliphatic carbocycles. The van der Waals surface area contributed by atoms with Gasteiger partial charge in [0.1, 0.15) is 11.6 Å². The molecule has 0 aliphatic rings. The molecule has 0 aromatic carbocycles.